The minimum atomic E-state index is 0.399. The van der Waals surface area contributed by atoms with E-state index in [2.05, 4.69) is 58.9 Å². The summed E-state index contributed by atoms with van der Waals surface area (Å²) in [4.78, 5) is 0. The van der Waals surface area contributed by atoms with E-state index in [1.807, 2.05) is 19.1 Å². The Bertz CT molecular complexity index is 568. The number of phenols is 1. The van der Waals surface area contributed by atoms with Gasteiger partial charge >= 0.3 is 0 Å². The maximum Gasteiger partial charge on any atom is 0.119 e. The predicted molar refractivity (Wildman–Crippen MR) is 92.2 cm³/mol. The molecule has 2 aromatic carbocycles. The predicted octanol–water partition coefficient (Wildman–Crippen LogP) is 5.94. The minimum absolute atomic E-state index is 0.399. The lowest BCUT2D eigenvalue weighted by Crippen LogP contribution is -1.87. The van der Waals surface area contributed by atoms with Gasteiger partial charge in [-0.15, -0.1) is 0 Å². The Morgan fingerprint density at radius 2 is 1.38 bits per heavy atom. The van der Waals surface area contributed by atoms with E-state index in [0.717, 1.165) is 11.1 Å². The zero-order chi connectivity index (χ0) is 16.0. The van der Waals surface area contributed by atoms with Crippen LogP contribution >= 0.6 is 0 Å². The van der Waals surface area contributed by atoms with Crippen LogP contribution in [0.15, 0.2) is 42.5 Å². The average molecular weight is 284 g/mol. The van der Waals surface area contributed by atoms with Gasteiger partial charge in [-0.3, -0.25) is 0 Å². The van der Waals surface area contributed by atoms with Gasteiger partial charge < -0.3 is 5.11 Å². The van der Waals surface area contributed by atoms with E-state index >= 15 is 0 Å². The molecule has 0 aliphatic rings. The Morgan fingerprint density at radius 1 is 0.762 bits per heavy atom. The van der Waals surface area contributed by atoms with Crippen LogP contribution in [0.25, 0.3) is 0 Å². The first kappa shape index (κ1) is 17.3. The van der Waals surface area contributed by atoms with Gasteiger partial charge in [0.25, 0.3) is 0 Å². The van der Waals surface area contributed by atoms with Crippen molar-refractivity contribution >= 4 is 0 Å². The quantitative estimate of drug-likeness (QED) is 0.723. The van der Waals surface area contributed by atoms with Gasteiger partial charge in [-0.1, -0.05) is 69.7 Å². The fourth-order valence-electron chi connectivity index (χ4n) is 2.17. The van der Waals surface area contributed by atoms with Gasteiger partial charge in [-0.2, -0.15) is 0 Å². The largest absolute Gasteiger partial charge is 0.508 e. The highest BCUT2D eigenvalue weighted by Gasteiger charge is 2.03. The van der Waals surface area contributed by atoms with E-state index < -0.39 is 0 Å². The van der Waals surface area contributed by atoms with Gasteiger partial charge in [-0.05, 0) is 48.4 Å². The highest BCUT2D eigenvalue weighted by atomic mass is 16.3. The topological polar surface area (TPSA) is 20.2 Å². The lowest BCUT2D eigenvalue weighted by Gasteiger charge is -2.07. The highest BCUT2D eigenvalue weighted by Crippen LogP contribution is 2.25. The van der Waals surface area contributed by atoms with E-state index in [4.69, 9.17) is 0 Å². The van der Waals surface area contributed by atoms with Gasteiger partial charge in [-0.25, -0.2) is 0 Å². The van der Waals surface area contributed by atoms with Crippen molar-refractivity contribution in [2.24, 2.45) is 0 Å². The van der Waals surface area contributed by atoms with Crippen molar-refractivity contribution in [3.05, 3.63) is 64.7 Å². The number of aromatic hydroxyl groups is 1. The molecule has 0 aliphatic carbocycles. The van der Waals surface area contributed by atoms with E-state index in [9.17, 15) is 5.11 Å². The first-order chi connectivity index (χ1) is 9.81. The average Bonchev–Trinajstić information content (AvgIpc) is 2.38. The molecule has 2 aromatic rings. The lowest BCUT2D eigenvalue weighted by atomic mass is 10.0. The molecule has 0 aromatic heterocycles. The molecule has 0 heterocycles. The Hall–Kier alpha value is -1.76. The third-order valence-corrected chi connectivity index (χ3v) is 3.52. The Kier molecular flexibility index (Phi) is 6.48. The van der Waals surface area contributed by atoms with Crippen LogP contribution < -0.4 is 0 Å². The van der Waals surface area contributed by atoms with Crippen molar-refractivity contribution in [1.29, 1.82) is 0 Å². The molecule has 0 saturated heterocycles. The first-order valence-electron chi connectivity index (χ1n) is 7.67. The number of rotatable bonds is 2. The number of phenolic OH excluding ortho intramolecular Hbond substituents is 1. The Labute approximate surface area is 129 Å². The molecule has 0 atom stereocenters. The number of hydrogen-bond donors (Lipinski definition) is 1. The highest BCUT2D eigenvalue weighted by molar-refractivity contribution is 5.37. The van der Waals surface area contributed by atoms with Crippen LogP contribution in [-0.4, -0.2) is 5.11 Å². The molecule has 2 rings (SSSR count). The van der Waals surface area contributed by atoms with Crippen molar-refractivity contribution < 1.29 is 5.11 Å². The number of hydrogen-bond acceptors (Lipinski definition) is 1. The number of aryl methyl sites for hydroxylation is 2. The summed E-state index contributed by atoms with van der Waals surface area (Å²) in [6.07, 6.45) is 0. The molecule has 114 valence electrons. The van der Waals surface area contributed by atoms with Crippen molar-refractivity contribution in [3.63, 3.8) is 0 Å². The van der Waals surface area contributed by atoms with E-state index in [-0.39, 0.29) is 0 Å². The summed E-state index contributed by atoms with van der Waals surface area (Å²) < 4.78 is 0. The molecule has 0 amide bonds. The van der Waals surface area contributed by atoms with Gasteiger partial charge in [0, 0.05) is 0 Å². The summed E-state index contributed by atoms with van der Waals surface area (Å²) in [7, 11) is 0. The van der Waals surface area contributed by atoms with Crippen molar-refractivity contribution in [2.75, 3.05) is 0 Å². The second-order valence-corrected chi connectivity index (χ2v) is 6.29. The van der Waals surface area contributed by atoms with Gasteiger partial charge in [0.15, 0.2) is 0 Å². The molecule has 0 fully saturated rings. The zero-order valence-corrected chi connectivity index (χ0v) is 14.1. The zero-order valence-electron chi connectivity index (χ0n) is 14.1. The summed E-state index contributed by atoms with van der Waals surface area (Å²) in [5.74, 6) is 1.47. The van der Waals surface area contributed by atoms with Gasteiger partial charge in [0.05, 0.1) is 0 Å². The standard InChI is InChI=1S/C10H14O.C10H14/c1-7(2)9-5-4-8(3)6-10(9)11;1-8(2)10-6-4-5-9(3)7-10/h4-7,11H,1-3H3;4-8H,1-3H3. The molecule has 21 heavy (non-hydrogen) atoms. The molecule has 0 unspecified atom stereocenters. The summed E-state index contributed by atoms with van der Waals surface area (Å²) in [6, 6.07) is 14.5. The van der Waals surface area contributed by atoms with E-state index in [1.165, 1.54) is 11.1 Å². The monoisotopic (exact) mass is 284 g/mol. The minimum Gasteiger partial charge on any atom is -0.508 e. The summed E-state index contributed by atoms with van der Waals surface area (Å²) in [5, 5.41) is 9.46. The molecule has 0 spiro atoms. The van der Waals surface area contributed by atoms with Crippen LogP contribution in [0, 0.1) is 13.8 Å². The second kappa shape index (κ2) is 7.87. The van der Waals surface area contributed by atoms with Crippen LogP contribution in [0.4, 0.5) is 0 Å². The van der Waals surface area contributed by atoms with Crippen LogP contribution in [-0.2, 0) is 0 Å². The first-order valence-corrected chi connectivity index (χ1v) is 7.67. The molecule has 0 bridgehead atoms. The van der Waals surface area contributed by atoms with Crippen molar-refractivity contribution in [3.8, 4) is 5.75 Å². The maximum absolute atomic E-state index is 9.46. The molecule has 0 radical (unpaired) electrons. The Morgan fingerprint density at radius 3 is 1.81 bits per heavy atom. The van der Waals surface area contributed by atoms with Crippen molar-refractivity contribution in [2.45, 2.75) is 53.4 Å². The smallest absolute Gasteiger partial charge is 0.119 e. The third-order valence-electron chi connectivity index (χ3n) is 3.52. The fraction of sp³-hybridized carbons (Fsp3) is 0.400. The van der Waals surface area contributed by atoms with Crippen LogP contribution in [0.3, 0.4) is 0 Å². The second-order valence-electron chi connectivity index (χ2n) is 6.29. The molecular formula is C20H28O. The molecule has 0 saturated carbocycles. The van der Waals surface area contributed by atoms with Gasteiger partial charge in [0.2, 0.25) is 0 Å². The van der Waals surface area contributed by atoms with Crippen molar-refractivity contribution in [1.82, 2.24) is 0 Å². The lowest BCUT2D eigenvalue weighted by molar-refractivity contribution is 0.464. The molecular weight excluding hydrogens is 256 g/mol. The van der Waals surface area contributed by atoms with Crippen LogP contribution in [0.1, 0.15) is 61.8 Å². The molecule has 1 heteroatoms. The molecule has 1 nitrogen and oxygen atoms in total. The van der Waals surface area contributed by atoms with E-state index in [1.54, 1.807) is 6.07 Å². The fourth-order valence-corrected chi connectivity index (χ4v) is 2.17. The number of benzene rings is 2. The summed E-state index contributed by atoms with van der Waals surface area (Å²) in [6.45, 7) is 12.7. The Balaban J connectivity index is 0.000000211. The van der Waals surface area contributed by atoms with Gasteiger partial charge in [0.1, 0.15) is 5.75 Å². The molecule has 0 aliphatic heterocycles. The SMILES string of the molecule is Cc1ccc(C(C)C)c(O)c1.Cc1cccc(C(C)C)c1. The summed E-state index contributed by atoms with van der Waals surface area (Å²) in [5.41, 5.74) is 4.91. The summed E-state index contributed by atoms with van der Waals surface area (Å²) >= 11 is 0. The van der Waals surface area contributed by atoms with E-state index in [0.29, 0.717) is 17.6 Å². The van der Waals surface area contributed by atoms with Crippen LogP contribution in [0.5, 0.6) is 5.75 Å². The normalized spacial score (nSPS) is 10.5. The van der Waals surface area contributed by atoms with Crippen LogP contribution in [0.2, 0.25) is 0 Å². The maximum atomic E-state index is 9.46. The molecule has 1 N–H and O–H groups in total. The third kappa shape index (κ3) is 5.63.